The summed E-state index contributed by atoms with van der Waals surface area (Å²) in [5, 5.41) is 0. The summed E-state index contributed by atoms with van der Waals surface area (Å²) >= 11 is 0. The normalized spacial score (nSPS) is 12.0. The summed E-state index contributed by atoms with van der Waals surface area (Å²) in [7, 11) is 1.44. The van der Waals surface area contributed by atoms with Gasteiger partial charge in [0.25, 0.3) is 0 Å². The van der Waals surface area contributed by atoms with Crippen LogP contribution < -0.4 is 15.2 Å². The van der Waals surface area contributed by atoms with E-state index in [0.717, 1.165) is 11.3 Å². The van der Waals surface area contributed by atoms with Crippen LogP contribution in [0.5, 0.6) is 11.5 Å². The van der Waals surface area contributed by atoms with Crippen LogP contribution in [0, 0.1) is 12.7 Å². The molecule has 0 radical (unpaired) electrons. The zero-order valence-corrected chi connectivity index (χ0v) is 12.3. The van der Waals surface area contributed by atoms with Gasteiger partial charge in [-0.1, -0.05) is 24.3 Å². The molecule has 1 unspecified atom stereocenters. The van der Waals surface area contributed by atoms with Crippen LogP contribution in [-0.4, -0.2) is 13.7 Å². The highest BCUT2D eigenvalue weighted by molar-refractivity contribution is 5.33. The number of benzene rings is 2. The minimum atomic E-state index is -0.426. The van der Waals surface area contributed by atoms with Crippen molar-refractivity contribution < 1.29 is 13.9 Å². The smallest absolute Gasteiger partial charge is 0.169 e. The highest BCUT2D eigenvalue weighted by Gasteiger charge is 2.15. The van der Waals surface area contributed by atoms with E-state index in [1.165, 1.54) is 7.11 Å². The van der Waals surface area contributed by atoms with E-state index in [9.17, 15) is 4.39 Å². The number of aryl methyl sites for hydroxylation is 1. The number of methoxy groups -OCH3 is 1. The van der Waals surface area contributed by atoms with E-state index in [-0.39, 0.29) is 5.75 Å². The molecule has 112 valence electrons. The maximum absolute atomic E-state index is 14.1. The molecule has 0 aliphatic carbocycles. The first-order valence-corrected chi connectivity index (χ1v) is 6.89. The molecule has 0 saturated heterocycles. The Morgan fingerprint density at radius 3 is 2.67 bits per heavy atom. The molecule has 4 heteroatoms. The SMILES string of the molecule is COc1cccc(C(N)CCOc2cccc(C)c2)c1F. The third-order valence-electron chi connectivity index (χ3n) is 3.30. The maximum atomic E-state index is 14.1. The van der Waals surface area contributed by atoms with Gasteiger partial charge in [0.2, 0.25) is 0 Å². The van der Waals surface area contributed by atoms with Gasteiger partial charge in [-0.3, -0.25) is 0 Å². The summed E-state index contributed by atoms with van der Waals surface area (Å²) in [6.45, 7) is 2.44. The Bertz CT molecular complexity index is 601. The summed E-state index contributed by atoms with van der Waals surface area (Å²) in [5.41, 5.74) is 7.62. The van der Waals surface area contributed by atoms with Crippen LogP contribution in [0.3, 0.4) is 0 Å². The molecule has 3 nitrogen and oxygen atoms in total. The van der Waals surface area contributed by atoms with Gasteiger partial charge in [0.05, 0.1) is 13.7 Å². The Morgan fingerprint density at radius 1 is 1.19 bits per heavy atom. The van der Waals surface area contributed by atoms with Gasteiger partial charge in [0, 0.05) is 18.0 Å². The van der Waals surface area contributed by atoms with Crippen molar-refractivity contribution >= 4 is 0 Å². The predicted molar refractivity (Wildman–Crippen MR) is 81.2 cm³/mol. The Hall–Kier alpha value is -2.07. The number of halogens is 1. The van der Waals surface area contributed by atoms with E-state index in [4.69, 9.17) is 15.2 Å². The second kappa shape index (κ2) is 7.09. The molecule has 2 aromatic carbocycles. The van der Waals surface area contributed by atoms with Crippen molar-refractivity contribution in [2.24, 2.45) is 5.73 Å². The summed E-state index contributed by atoms with van der Waals surface area (Å²) in [6.07, 6.45) is 0.526. The lowest BCUT2D eigenvalue weighted by atomic mass is 10.0. The first-order chi connectivity index (χ1) is 10.1. The van der Waals surface area contributed by atoms with E-state index >= 15 is 0 Å². The molecular weight excluding hydrogens is 269 g/mol. The summed E-state index contributed by atoms with van der Waals surface area (Å²) < 4.78 is 24.7. The van der Waals surface area contributed by atoms with Gasteiger partial charge in [0.1, 0.15) is 5.75 Å². The van der Waals surface area contributed by atoms with E-state index in [0.29, 0.717) is 18.6 Å². The van der Waals surface area contributed by atoms with Gasteiger partial charge < -0.3 is 15.2 Å². The molecule has 1 atom stereocenters. The number of nitrogens with two attached hydrogens (primary N) is 1. The van der Waals surface area contributed by atoms with Crippen LogP contribution in [0.15, 0.2) is 42.5 Å². The summed E-state index contributed by atoms with van der Waals surface area (Å²) in [5.74, 6) is 0.610. The molecule has 0 aromatic heterocycles. The van der Waals surface area contributed by atoms with E-state index < -0.39 is 11.9 Å². The fourth-order valence-electron chi connectivity index (χ4n) is 2.14. The van der Waals surface area contributed by atoms with Crippen molar-refractivity contribution in [2.45, 2.75) is 19.4 Å². The Labute approximate surface area is 124 Å². The van der Waals surface area contributed by atoms with Crippen LogP contribution in [0.1, 0.15) is 23.6 Å². The van der Waals surface area contributed by atoms with Gasteiger partial charge in [-0.15, -0.1) is 0 Å². The zero-order chi connectivity index (χ0) is 15.2. The van der Waals surface area contributed by atoms with Gasteiger partial charge in [-0.05, 0) is 30.7 Å². The molecule has 2 N–H and O–H groups in total. The fourth-order valence-corrected chi connectivity index (χ4v) is 2.14. The van der Waals surface area contributed by atoms with Crippen molar-refractivity contribution in [3.8, 4) is 11.5 Å². The third kappa shape index (κ3) is 3.95. The minimum absolute atomic E-state index is 0.211. The van der Waals surface area contributed by atoms with Gasteiger partial charge in [-0.25, -0.2) is 4.39 Å². The largest absolute Gasteiger partial charge is 0.494 e. The molecule has 0 spiro atoms. The Kier molecular flexibility index (Phi) is 5.17. The van der Waals surface area contributed by atoms with E-state index in [1.807, 2.05) is 31.2 Å². The van der Waals surface area contributed by atoms with E-state index in [2.05, 4.69) is 0 Å². The lowest BCUT2D eigenvalue weighted by Gasteiger charge is -2.15. The lowest BCUT2D eigenvalue weighted by molar-refractivity contribution is 0.296. The molecule has 0 bridgehead atoms. The van der Waals surface area contributed by atoms with Gasteiger partial charge in [-0.2, -0.15) is 0 Å². The minimum Gasteiger partial charge on any atom is -0.494 e. The second-order valence-electron chi connectivity index (χ2n) is 4.92. The number of ether oxygens (including phenoxy) is 2. The Balaban J connectivity index is 1.94. The quantitative estimate of drug-likeness (QED) is 0.883. The van der Waals surface area contributed by atoms with Crippen molar-refractivity contribution in [1.29, 1.82) is 0 Å². The molecule has 0 heterocycles. The first kappa shape index (κ1) is 15.3. The number of hydrogen-bond donors (Lipinski definition) is 1. The highest BCUT2D eigenvalue weighted by Crippen LogP contribution is 2.25. The molecule has 0 aliphatic heterocycles. The topological polar surface area (TPSA) is 44.5 Å². The average Bonchev–Trinajstić information content (AvgIpc) is 2.47. The van der Waals surface area contributed by atoms with Crippen LogP contribution >= 0.6 is 0 Å². The van der Waals surface area contributed by atoms with Crippen molar-refractivity contribution in [2.75, 3.05) is 13.7 Å². The number of hydrogen-bond acceptors (Lipinski definition) is 3. The summed E-state index contributed by atoms with van der Waals surface area (Å²) in [6, 6.07) is 12.4. The molecule has 21 heavy (non-hydrogen) atoms. The highest BCUT2D eigenvalue weighted by atomic mass is 19.1. The first-order valence-electron chi connectivity index (χ1n) is 6.89. The molecule has 0 amide bonds. The average molecular weight is 289 g/mol. The molecular formula is C17H20FNO2. The second-order valence-corrected chi connectivity index (χ2v) is 4.92. The Morgan fingerprint density at radius 2 is 1.95 bits per heavy atom. The summed E-state index contributed by atoms with van der Waals surface area (Å²) in [4.78, 5) is 0. The van der Waals surface area contributed by atoms with Crippen LogP contribution in [0.4, 0.5) is 4.39 Å². The van der Waals surface area contributed by atoms with Crippen LogP contribution in [0.2, 0.25) is 0 Å². The van der Waals surface area contributed by atoms with Gasteiger partial charge >= 0.3 is 0 Å². The molecule has 0 aliphatic rings. The fraction of sp³-hybridized carbons (Fsp3) is 0.294. The monoisotopic (exact) mass is 289 g/mol. The molecule has 0 saturated carbocycles. The molecule has 0 fully saturated rings. The molecule has 2 rings (SSSR count). The van der Waals surface area contributed by atoms with Crippen molar-refractivity contribution in [3.05, 3.63) is 59.4 Å². The number of rotatable bonds is 6. The van der Waals surface area contributed by atoms with E-state index in [1.54, 1.807) is 18.2 Å². The van der Waals surface area contributed by atoms with Gasteiger partial charge in [0.15, 0.2) is 11.6 Å². The van der Waals surface area contributed by atoms with Crippen molar-refractivity contribution in [3.63, 3.8) is 0 Å². The maximum Gasteiger partial charge on any atom is 0.169 e. The van der Waals surface area contributed by atoms with Crippen LogP contribution in [-0.2, 0) is 0 Å². The third-order valence-corrected chi connectivity index (χ3v) is 3.30. The molecule has 2 aromatic rings. The predicted octanol–water partition coefficient (Wildman–Crippen LogP) is 3.61. The van der Waals surface area contributed by atoms with Crippen molar-refractivity contribution in [1.82, 2.24) is 0 Å². The standard InChI is InChI=1S/C17H20FNO2/c1-12-5-3-6-13(11-12)21-10-9-15(19)14-7-4-8-16(20-2)17(14)18/h3-8,11,15H,9-10,19H2,1-2H3. The zero-order valence-electron chi connectivity index (χ0n) is 12.3. The van der Waals surface area contributed by atoms with Crippen LogP contribution in [0.25, 0.3) is 0 Å². The lowest BCUT2D eigenvalue weighted by Crippen LogP contribution is -2.16.